The number of benzene rings is 2. The number of aryl methyl sites for hydroxylation is 1. The molecule has 1 atom stereocenters. The lowest BCUT2D eigenvalue weighted by atomic mass is 9.98. The number of aliphatic carboxylic acids is 1. The third kappa shape index (κ3) is 5.58. The van der Waals surface area contributed by atoms with Gasteiger partial charge in [-0.25, -0.2) is 4.98 Å². The lowest BCUT2D eigenvalue weighted by Gasteiger charge is -2.15. The van der Waals surface area contributed by atoms with E-state index in [1.54, 1.807) is 18.2 Å². The summed E-state index contributed by atoms with van der Waals surface area (Å²) in [6, 6.07) is 13.1. The number of carbonyl (C=O) groups is 1. The number of pyridine rings is 1. The number of hydrogen-bond acceptors (Lipinski definition) is 6. The summed E-state index contributed by atoms with van der Waals surface area (Å²) in [7, 11) is 0. The quantitative estimate of drug-likeness (QED) is 0.345. The van der Waals surface area contributed by atoms with Crippen molar-refractivity contribution in [1.29, 1.82) is 0 Å². The average molecular weight is 515 g/mol. The van der Waals surface area contributed by atoms with E-state index >= 15 is 0 Å². The first-order valence-electron chi connectivity index (χ1n) is 12.0. The molecule has 194 valence electrons. The molecule has 0 unspecified atom stereocenters. The summed E-state index contributed by atoms with van der Waals surface area (Å²) in [5, 5.41) is 11.9. The second-order valence-electron chi connectivity index (χ2n) is 8.98. The van der Waals surface area contributed by atoms with E-state index in [0.717, 1.165) is 30.0 Å². The molecule has 0 amide bonds. The van der Waals surface area contributed by atoms with Crippen molar-refractivity contribution < 1.29 is 37.3 Å². The van der Waals surface area contributed by atoms with Crippen LogP contribution in [-0.2, 0) is 17.4 Å². The molecule has 0 saturated heterocycles. The highest BCUT2D eigenvalue weighted by Crippen LogP contribution is 2.39. The van der Waals surface area contributed by atoms with E-state index in [2.05, 4.69) is 10.3 Å². The highest BCUT2D eigenvalue weighted by molar-refractivity contribution is 5.69. The van der Waals surface area contributed by atoms with E-state index < -0.39 is 17.7 Å². The minimum atomic E-state index is -4.55. The van der Waals surface area contributed by atoms with Crippen LogP contribution in [0.3, 0.4) is 0 Å². The van der Waals surface area contributed by atoms with Crippen molar-refractivity contribution in [3.63, 3.8) is 0 Å². The number of nitrogens with one attached hydrogen (secondary N) is 1. The number of nitrogens with zero attached hydrogens (tertiary/aromatic N) is 1. The third-order valence-corrected chi connectivity index (χ3v) is 6.49. The normalized spacial score (nSPS) is 15.9. The number of hydrogen-bond donors (Lipinski definition) is 2. The van der Waals surface area contributed by atoms with Crippen LogP contribution in [0.1, 0.15) is 41.9 Å². The Morgan fingerprint density at radius 2 is 1.95 bits per heavy atom. The number of rotatable bonds is 9. The Morgan fingerprint density at radius 3 is 2.76 bits per heavy atom. The molecule has 2 heterocycles. The Labute approximate surface area is 211 Å². The van der Waals surface area contributed by atoms with Gasteiger partial charge in [-0.3, -0.25) is 4.79 Å². The summed E-state index contributed by atoms with van der Waals surface area (Å²) in [4.78, 5) is 15.3. The highest BCUT2D eigenvalue weighted by atomic mass is 19.4. The first-order chi connectivity index (χ1) is 17.8. The monoisotopic (exact) mass is 514 g/mol. The molecule has 1 aromatic heterocycles. The maximum atomic E-state index is 13.6. The Hall–Kier alpha value is -3.95. The molecular weight excluding hydrogens is 489 g/mol. The smallest absolute Gasteiger partial charge is 0.419 e. The zero-order valence-electron chi connectivity index (χ0n) is 19.8. The molecule has 5 rings (SSSR count). The number of ether oxygens (including phenoxy) is 3. The summed E-state index contributed by atoms with van der Waals surface area (Å²) >= 11 is 0. The minimum absolute atomic E-state index is 0.0227. The highest BCUT2D eigenvalue weighted by Gasteiger charge is 2.34. The first-order valence-corrected chi connectivity index (χ1v) is 12.0. The molecule has 0 saturated carbocycles. The lowest BCUT2D eigenvalue weighted by molar-refractivity contribution is -0.138. The van der Waals surface area contributed by atoms with Crippen LogP contribution >= 0.6 is 0 Å². The molecule has 0 spiro atoms. The van der Waals surface area contributed by atoms with Crippen LogP contribution in [0, 0.1) is 0 Å². The Kier molecular flexibility index (Phi) is 6.82. The van der Waals surface area contributed by atoms with Gasteiger partial charge in [-0.05, 0) is 78.8 Å². The van der Waals surface area contributed by atoms with Crippen molar-refractivity contribution in [1.82, 2.24) is 4.98 Å². The van der Waals surface area contributed by atoms with E-state index in [1.807, 2.05) is 18.2 Å². The molecule has 2 N–H and O–H groups in total. The SMILES string of the molecule is O=C(O)C[C@@H]1CCc2cc(OCCCNc3nc(-c4ccc5c(c4)OCO5)ccc3C(F)(F)F)ccc21. The first kappa shape index (κ1) is 24.7. The van der Waals surface area contributed by atoms with Gasteiger partial charge in [-0.15, -0.1) is 0 Å². The van der Waals surface area contributed by atoms with E-state index in [0.29, 0.717) is 41.5 Å². The number of carboxylic acid groups (broad SMARTS) is 1. The lowest BCUT2D eigenvalue weighted by Crippen LogP contribution is -2.15. The van der Waals surface area contributed by atoms with Gasteiger partial charge in [0, 0.05) is 12.1 Å². The second-order valence-corrected chi connectivity index (χ2v) is 8.98. The number of alkyl halides is 3. The second kappa shape index (κ2) is 10.2. The number of carboxylic acids is 1. The zero-order chi connectivity index (χ0) is 26.0. The summed E-state index contributed by atoms with van der Waals surface area (Å²) in [6.45, 7) is 0.630. The van der Waals surface area contributed by atoms with Crippen molar-refractivity contribution in [2.24, 2.45) is 0 Å². The summed E-state index contributed by atoms with van der Waals surface area (Å²) in [6.07, 6.45) is -2.39. The van der Waals surface area contributed by atoms with Crippen molar-refractivity contribution in [3.8, 4) is 28.5 Å². The molecule has 0 radical (unpaired) electrons. The molecule has 2 aliphatic rings. The van der Waals surface area contributed by atoms with Gasteiger partial charge in [-0.1, -0.05) is 6.07 Å². The fraction of sp³-hybridized carbons (Fsp3) is 0.333. The Bertz CT molecular complexity index is 1310. The van der Waals surface area contributed by atoms with Crippen LogP contribution in [0.2, 0.25) is 0 Å². The van der Waals surface area contributed by atoms with E-state index in [4.69, 9.17) is 19.3 Å². The Balaban J connectivity index is 1.20. The van der Waals surface area contributed by atoms with Crippen molar-refractivity contribution >= 4 is 11.8 Å². The minimum Gasteiger partial charge on any atom is -0.494 e. The van der Waals surface area contributed by atoms with Gasteiger partial charge in [0.05, 0.1) is 24.3 Å². The summed E-state index contributed by atoms with van der Waals surface area (Å²) in [5.74, 6) is 0.732. The van der Waals surface area contributed by atoms with Crippen LogP contribution < -0.4 is 19.5 Å². The maximum Gasteiger partial charge on any atom is 0.419 e. The fourth-order valence-electron chi connectivity index (χ4n) is 4.70. The predicted molar refractivity (Wildman–Crippen MR) is 129 cm³/mol. The van der Waals surface area contributed by atoms with E-state index in [-0.39, 0.29) is 31.5 Å². The number of halogens is 3. The molecule has 0 bridgehead atoms. The third-order valence-electron chi connectivity index (χ3n) is 6.49. The van der Waals surface area contributed by atoms with Crippen LogP contribution in [0.15, 0.2) is 48.5 Å². The van der Waals surface area contributed by atoms with Gasteiger partial charge in [-0.2, -0.15) is 13.2 Å². The largest absolute Gasteiger partial charge is 0.494 e. The average Bonchev–Trinajstić information content (AvgIpc) is 3.49. The standard InChI is InChI=1S/C27H25F3N2O5/c28-27(29,30)21-7-8-22(18-4-9-23-24(13-18)37-15-36-23)32-26(21)31-10-1-11-35-19-5-6-20-16(12-19)2-3-17(20)14-25(33)34/h4-9,12-13,17H,1-3,10-11,14-15H2,(H,31,32)(H,33,34)/t17-/m0/s1. The predicted octanol–water partition coefficient (Wildman–Crippen LogP) is 5.88. The topological polar surface area (TPSA) is 89.9 Å². The fourth-order valence-corrected chi connectivity index (χ4v) is 4.70. The van der Waals surface area contributed by atoms with Crippen molar-refractivity contribution in [3.05, 3.63) is 65.2 Å². The molecule has 1 aliphatic heterocycles. The van der Waals surface area contributed by atoms with Gasteiger partial charge < -0.3 is 24.6 Å². The van der Waals surface area contributed by atoms with Crippen molar-refractivity contribution in [2.45, 2.75) is 37.8 Å². The van der Waals surface area contributed by atoms with Crippen LogP contribution in [0.25, 0.3) is 11.3 Å². The van der Waals surface area contributed by atoms with Gasteiger partial charge in [0.1, 0.15) is 11.6 Å². The molecule has 10 heteroatoms. The molecule has 7 nitrogen and oxygen atoms in total. The number of aromatic nitrogens is 1. The molecule has 2 aromatic carbocycles. The molecule has 3 aromatic rings. The van der Waals surface area contributed by atoms with E-state index in [9.17, 15) is 18.0 Å². The molecule has 37 heavy (non-hydrogen) atoms. The van der Waals surface area contributed by atoms with Crippen LogP contribution in [0.4, 0.5) is 19.0 Å². The van der Waals surface area contributed by atoms with Gasteiger partial charge in [0.25, 0.3) is 0 Å². The van der Waals surface area contributed by atoms with Crippen LogP contribution in [-0.4, -0.2) is 36.0 Å². The van der Waals surface area contributed by atoms with Gasteiger partial charge in [0.15, 0.2) is 11.5 Å². The maximum absolute atomic E-state index is 13.6. The molecule has 0 fully saturated rings. The Morgan fingerprint density at radius 1 is 1.11 bits per heavy atom. The number of fused-ring (bicyclic) bond motifs is 2. The summed E-state index contributed by atoms with van der Waals surface area (Å²) < 4.78 is 57.2. The molecular formula is C27H25F3N2O5. The van der Waals surface area contributed by atoms with Gasteiger partial charge >= 0.3 is 12.1 Å². The number of anilines is 1. The summed E-state index contributed by atoms with van der Waals surface area (Å²) in [5.41, 5.74) is 2.29. The van der Waals surface area contributed by atoms with Crippen molar-refractivity contribution in [2.75, 3.05) is 25.3 Å². The van der Waals surface area contributed by atoms with Crippen LogP contribution in [0.5, 0.6) is 17.2 Å². The zero-order valence-corrected chi connectivity index (χ0v) is 19.8. The van der Waals surface area contributed by atoms with E-state index in [1.165, 1.54) is 6.07 Å². The molecule has 1 aliphatic carbocycles. The van der Waals surface area contributed by atoms with Gasteiger partial charge in [0.2, 0.25) is 6.79 Å².